The molecular weight excluding hydrogens is 278 g/mol. The number of aliphatic hydroxyl groups excluding tert-OH is 1. The summed E-state index contributed by atoms with van der Waals surface area (Å²) in [4.78, 5) is 14.2. The zero-order chi connectivity index (χ0) is 13.5. The molecule has 0 bridgehead atoms. The van der Waals surface area contributed by atoms with Crippen LogP contribution in [-0.4, -0.2) is 24.2 Å². The Morgan fingerprint density at radius 2 is 2.11 bits per heavy atom. The summed E-state index contributed by atoms with van der Waals surface area (Å²) in [6.07, 6.45) is 0. The summed E-state index contributed by atoms with van der Waals surface area (Å²) in [6, 6.07) is 11.7. The van der Waals surface area contributed by atoms with E-state index in [1.807, 2.05) is 30.3 Å². The van der Waals surface area contributed by atoms with Gasteiger partial charge < -0.3 is 10.4 Å². The highest BCUT2D eigenvalue weighted by Crippen LogP contribution is 2.27. The molecule has 2 N–H and O–H groups in total. The summed E-state index contributed by atoms with van der Waals surface area (Å²) in [5, 5.41) is 13.5. The van der Waals surface area contributed by atoms with Gasteiger partial charge in [0.15, 0.2) is 0 Å². The highest BCUT2D eigenvalue weighted by molar-refractivity contribution is 7.98. The highest BCUT2D eigenvalue weighted by atomic mass is 32.2. The molecule has 5 heteroatoms. The number of carbonyl (C=O) groups excluding carboxylic acids is 1. The minimum atomic E-state index is -0.136. The van der Waals surface area contributed by atoms with Gasteiger partial charge >= 0.3 is 0 Å². The van der Waals surface area contributed by atoms with Crippen LogP contribution < -0.4 is 5.32 Å². The van der Waals surface area contributed by atoms with Gasteiger partial charge in [0.05, 0.1) is 12.2 Å². The molecule has 3 nitrogen and oxygen atoms in total. The number of hydrogen-bond donors (Lipinski definition) is 2. The molecule has 0 spiro atoms. The van der Waals surface area contributed by atoms with E-state index < -0.39 is 0 Å². The predicted molar refractivity (Wildman–Crippen MR) is 79.7 cm³/mol. The van der Waals surface area contributed by atoms with Gasteiger partial charge in [-0.2, -0.15) is 0 Å². The maximum absolute atomic E-state index is 12.0. The molecule has 0 aliphatic rings. The average molecular weight is 293 g/mol. The maximum atomic E-state index is 12.0. The van der Waals surface area contributed by atoms with Crippen molar-refractivity contribution in [3.63, 3.8) is 0 Å². The van der Waals surface area contributed by atoms with Gasteiger partial charge in [-0.25, -0.2) is 0 Å². The number of nitrogens with one attached hydrogen (secondary N) is 1. The molecule has 2 rings (SSSR count). The van der Waals surface area contributed by atoms with Crippen LogP contribution >= 0.6 is 23.1 Å². The zero-order valence-corrected chi connectivity index (χ0v) is 12.0. The Morgan fingerprint density at radius 1 is 1.26 bits per heavy atom. The number of thiophene rings is 1. The summed E-state index contributed by atoms with van der Waals surface area (Å²) >= 11 is 3.37. The number of thioether (sulfide) groups is 1. The lowest BCUT2D eigenvalue weighted by Crippen LogP contribution is -2.26. The Balaban J connectivity index is 2.05. The second kappa shape index (κ2) is 7.33. The molecular formula is C14H15NO2S2. The van der Waals surface area contributed by atoms with Crippen LogP contribution in [0.25, 0.3) is 0 Å². The minimum absolute atomic E-state index is 0.0454. The molecule has 0 aliphatic carbocycles. The van der Waals surface area contributed by atoms with E-state index in [1.54, 1.807) is 23.1 Å². The van der Waals surface area contributed by atoms with Gasteiger partial charge in [-0.3, -0.25) is 4.79 Å². The first-order valence-corrected chi connectivity index (χ1v) is 7.81. The fourth-order valence-electron chi connectivity index (χ4n) is 1.59. The van der Waals surface area contributed by atoms with E-state index >= 15 is 0 Å². The van der Waals surface area contributed by atoms with Crippen molar-refractivity contribution in [2.45, 2.75) is 10.6 Å². The molecule has 0 fully saturated rings. The number of aliphatic hydroxyl groups is 1. The first kappa shape index (κ1) is 14.1. The van der Waals surface area contributed by atoms with Crippen LogP contribution in [0.3, 0.4) is 0 Å². The van der Waals surface area contributed by atoms with Gasteiger partial charge in [-0.05, 0) is 23.6 Å². The number of rotatable bonds is 6. The van der Waals surface area contributed by atoms with Crippen LogP contribution in [0.5, 0.6) is 0 Å². The van der Waals surface area contributed by atoms with Crippen molar-refractivity contribution < 1.29 is 9.90 Å². The first-order valence-electron chi connectivity index (χ1n) is 5.94. The monoisotopic (exact) mass is 293 g/mol. The summed E-state index contributed by atoms with van der Waals surface area (Å²) < 4.78 is 0. The molecule has 0 radical (unpaired) electrons. The number of amides is 1. The Morgan fingerprint density at radius 3 is 2.84 bits per heavy atom. The lowest BCUT2D eigenvalue weighted by molar-refractivity contribution is 0.0942. The van der Waals surface area contributed by atoms with Crippen molar-refractivity contribution in [3.05, 3.63) is 52.2 Å². The summed E-state index contributed by atoms with van der Waals surface area (Å²) in [6.45, 7) is 0.235. The van der Waals surface area contributed by atoms with Crippen molar-refractivity contribution >= 4 is 29.0 Å². The molecule has 0 unspecified atom stereocenters. The quantitative estimate of drug-likeness (QED) is 0.805. The molecule has 19 heavy (non-hydrogen) atoms. The van der Waals surface area contributed by atoms with E-state index in [0.29, 0.717) is 5.56 Å². The average Bonchev–Trinajstić information content (AvgIpc) is 2.96. The number of carbonyl (C=O) groups is 1. The van der Waals surface area contributed by atoms with Crippen LogP contribution in [0.15, 0.2) is 46.7 Å². The van der Waals surface area contributed by atoms with Crippen molar-refractivity contribution in [1.82, 2.24) is 5.32 Å². The highest BCUT2D eigenvalue weighted by Gasteiger charge is 2.10. The standard InChI is InChI=1S/C14H15NO2S2/c16-8-7-15-14(17)12-5-1-2-6-13(12)19-10-11-4-3-9-18-11/h1-6,9,16H,7-8,10H2,(H,15,17). The second-order valence-electron chi connectivity index (χ2n) is 3.84. The molecule has 100 valence electrons. The Labute approximate surface area is 120 Å². The van der Waals surface area contributed by atoms with Crippen LogP contribution in [0.1, 0.15) is 15.2 Å². The lowest BCUT2D eigenvalue weighted by Gasteiger charge is -2.08. The van der Waals surface area contributed by atoms with Crippen LogP contribution in [0, 0.1) is 0 Å². The van der Waals surface area contributed by atoms with Crippen molar-refractivity contribution in [3.8, 4) is 0 Å². The molecule has 0 saturated carbocycles. The molecule has 1 heterocycles. The van der Waals surface area contributed by atoms with Crippen molar-refractivity contribution in [1.29, 1.82) is 0 Å². The fraction of sp³-hybridized carbons (Fsp3) is 0.214. The largest absolute Gasteiger partial charge is 0.395 e. The fourth-order valence-corrected chi connectivity index (χ4v) is 3.41. The van der Waals surface area contributed by atoms with Gasteiger partial charge in [0.2, 0.25) is 0 Å². The number of hydrogen-bond acceptors (Lipinski definition) is 4. The summed E-state index contributed by atoms with van der Waals surface area (Å²) in [5.41, 5.74) is 0.664. The first-order chi connectivity index (χ1) is 9.31. The van der Waals surface area contributed by atoms with Gasteiger partial charge in [0.25, 0.3) is 5.91 Å². The van der Waals surface area contributed by atoms with Gasteiger partial charge in [-0.1, -0.05) is 18.2 Å². The molecule has 2 aromatic rings. The number of benzene rings is 1. The minimum Gasteiger partial charge on any atom is -0.395 e. The van der Waals surface area contributed by atoms with Crippen molar-refractivity contribution in [2.24, 2.45) is 0 Å². The van der Waals surface area contributed by atoms with Gasteiger partial charge in [0, 0.05) is 22.1 Å². The molecule has 0 atom stereocenters. The van der Waals surface area contributed by atoms with Crippen molar-refractivity contribution in [2.75, 3.05) is 13.2 Å². The Kier molecular flexibility index (Phi) is 5.44. The third-order valence-electron chi connectivity index (χ3n) is 2.48. The van der Waals surface area contributed by atoms with Crippen LogP contribution in [0.4, 0.5) is 0 Å². The normalized spacial score (nSPS) is 10.4. The molecule has 1 aromatic carbocycles. The summed E-state index contributed by atoms with van der Waals surface area (Å²) in [5.74, 6) is 0.727. The second-order valence-corrected chi connectivity index (χ2v) is 5.89. The van der Waals surface area contributed by atoms with E-state index in [1.165, 1.54) is 4.88 Å². The van der Waals surface area contributed by atoms with E-state index in [-0.39, 0.29) is 19.1 Å². The Bertz CT molecular complexity index is 526. The van der Waals surface area contributed by atoms with Crippen LogP contribution in [0.2, 0.25) is 0 Å². The van der Waals surface area contributed by atoms with E-state index in [0.717, 1.165) is 10.6 Å². The van der Waals surface area contributed by atoms with E-state index in [9.17, 15) is 4.79 Å². The topological polar surface area (TPSA) is 49.3 Å². The lowest BCUT2D eigenvalue weighted by atomic mass is 10.2. The van der Waals surface area contributed by atoms with Crippen LogP contribution in [-0.2, 0) is 5.75 Å². The smallest absolute Gasteiger partial charge is 0.252 e. The third kappa shape index (κ3) is 4.09. The van der Waals surface area contributed by atoms with Gasteiger partial charge in [0.1, 0.15) is 0 Å². The Hall–Kier alpha value is -1.30. The SMILES string of the molecule is O=C(NCCO)c1ccccc1SCc1cccs1. The molecule has 0 aliphatic heterocycles. The van der Waals surface area contributed by atoms with E-state index in [4.69, 9.17) is 5.11 Å². The maximum Gasteiger partial charge on any atom is 0.252 e. The molecule has 0 saturated heterocycles. The van der Waals surface area contributed by atoms with Gasteiger partial charge in [-0.15, -0.1) is 23.1 Å². The summed E-state index contributed by atoms with van der Waals surface area (Å²) in [7, 11) is 0. The zero-order valence-electron chi connectivity index (χ0n) is 10.3. The third-order valence-corrected chi connectivity index (χ3v) is 4.66. The predicted octanol–water partition coefficient (Wildman–Crippen LogP) is 2.76. The van der Waals surface area contributed by atoms with E-state index in [2.05, 4.69) is 16.8 Å². The molecule has 1 aromatic heterocycles. The molecule has 1 amide bonds.